The number of hydrogen-bond donors (Lipinski definition) is 2. The molecule has 0 spiro atoms. The van der Waals surface area contributed by atoms with Gasteiger partial charge in [0.25, 0.3) is 11.8 Å². The number of carbonyl (C=O) groups is 2. The minimum absolute atomic E-state index is 0.0308. The van der Waals surface area contributed by atoms with E-state index in [1.165, 1.54) is 4.88 Å². The van der Waals surface area contributed by atoms with Crippen molar-refractivity contribution in [2.75, 3.05) is 23.7 Å². The average Bonchev–Trinajstić information content (AvgIpc) is 3.44. The Kier molecular flexibility index (Phi) is 5.90. The number of thiophene rings is 1. The molecular weight excluding hydrogens is 420 g/mol. The second kappa shape index (κ2) is 9.12. The molecule has 1 aromatic carbocycles. The number of benzene rings is 1. The van der Waals surface area contributed by atoms with Gasteiger partial charge in [0, 0.05) is 42.1 Å². The molecule has 5 rings (SSSR count). The molecule has 1 atom stereocenters. The van der Waals surface area contributed by atoms with Crippen LogP contribution in [0.15, 0.2) is 54.9 Å². The SMILES string of the molecule is O=C(Nc1sc2c(c1C(=O)N1CCC(Nc3ccccc3)C1)CCCC2)c1cccnc1. The number of fused-ring (bicyclic) bond motifs is 1. The monoisotopic (exact) mass is 446 g/mol. The Morgan fingerprint density at radius 1 is 1.06 bits per heavy atom. The number of likely N-dealkylation sites (tertiary alicyclic amines) is 1. The number of anilines is 2. The largest absolute Gasteiger partial charge is 0.380 e. The van der Waals surface area contributed by atoms with Gasteiger partial charge in [-0.25, -0.2) is 0 Å². The van der Waals surface area contributed by atoms with E-state index in [4.69, 9.17) is 0 Å². The van der Waals surface area contributed by atoms with Crippen molar-refractivity contribution in [3.05, 3.63) is 76.4 Å². The molecule has 0 bridgehead atoms. The van der Waals surface area contributed by atoms with Crippen molar-refractivity contribution in [2.45, 2.75) is 38.1 Å². The second-order valence-corrected chi connectivity index (χ2v) is 9.46. The van der Waals surface area contributed by atoms with Gasteiger partial charge in [-0.3, -0.25) is 14.6 Å². The van der Waals surface area contributed by atoms with Crippen LogP contribution in [0.25, 0.3) is 0 Å². The lowest BCUT2D eigenvalue weighted by atomic mass is 9.95. The first kappa shape index (κ1) is 20.7. The Hall–Kier alpha value is -3.19. The van der Waals surface area contributed by atoms with Crippen LogP contribution in [-0.2, 0) is 12.8 Å². The minimum atomic E-state index is -0.226. The minimum Gasteiger partial charge on any atom is -0.380 e. The zero-order valence-corrected chi connectivity index (χ0v) is 18.7. The summed E-state index contributed by atoms with van der Waals surface area (Å²) in [5, 5.41) is 7.23. The maximum atomic E-state index is 13.7. The summed E-state index contributed by atoms with van der Waals surface area (Å²) in [6.45, 7) is 1.37. The van der Waals surface area contributed by atoms with Gasteiger partial charge in [-0.15, -0.1) is 11.3 Å². The molecule has 0 radical (unpaired) electrons. The highest BCUT2D eigenvalue weighted by molar-refractivity contribution is 7.17. The van der Waals surface area contributed by atoms with Crippen molar-refractivity contribution in [3.63, 3.8) is 0 Å². The van der Waals surface area contributed by atoms with E-state index in [-0.39, 0.29) is 17.9 Å². The number of para-hydroxylation sites is 1. The number of hydrogen-bond acceptors (Lipinski definition) is 5. The molecule has 1 aliphatic carbocycles. The van der Waals surface area contributed by atoms with Crippen LogP contribution in [0.1, 0.15) is 50.4 Å². The van der Waals surface area contributed by atoms with Gasteiger partial charge in [0.15, 0.2) is 0 Å². The van der Waals surface area contributed by atoms with Gasteiger partial charge >= 0.3 is 0 Å². The topological polar surface area (TPSA) is 74.3 Å². The summed E-state index contributed by atoms with van der Waals surface area (Å²) in [5.74, 6) is -0.195. The predicted molar refractivity (Wildman–Crippen MR) is 128 cm³/mol. The van der Waals surface area contributed by atoms with E-state index in [1.54, 1.807) is 35.9 Å². The third-order valence-electron chi connectivity index (χ3n) is 6.16. The number of nitrogens with zero attached hydrogens (tertiary/aromatic N) is 2. The second-order valence-electron chi connectivity index (χ2n) is 8.36. The van der Waals surface area contributed by atoms with Crippen molar-refractivity contribution in [1.82, 2.24) is 9.88 Å². The maximum absolute atomic E-state index is 13.7. The van der Waals surface area contributed by atoms with Crippen LogP contribution >= 0.6 is 11.3 Å². The predicted octanol–water partition coefficient (Wildman–Crippen LogP) is 4.60. The molecule has 164 valence electrons. The molecule has 2 aliphatic rings. The van der Waals surface area contributed by atoms with E-state index in [0.29, 0.717) is 29.2 Å². The smallest absolute Gasteiger partial charge is 0.257 e. The normalized spacial score (nSPS) is 17.6. The number of aromatic nitrogens is 1. The fraction of sp³-hybridized carbons (Fsp3) is 0.320. The Morgan fingerprint density at radius 3 is 2.72 bits per heavy atom. The molecule has 32 heavy (non-hydrogen) atoms. The molecule has 2 aromatic heterocycles. The van der Waals surface area contributed by atoms with E-state index in [0.717, 1.165) is 43.4 Å². The van der Waals surface area contributed by atoms with Gasteiger partial charge < -0.3 is 15.5 Å². The summed E-state index contributed by atoms with van der Waals surface area (Å²) in [5.41, 5.74) is 3.39. The summed E-state index contributed by atoms with van der Waals surface area (Å²) in [6, 6.07) is 13.8. The zero-order valence-electron chi connectivity index (χ0n) is 17.8. The van der Waals surface area contributed by atoms with E-state index >= 15 is 0 Å². The number of rotatable bonds is 5. The van der Waals surface area contributed by atoms with Crippen molar-refractivity contribution in [3.8, 4) is 0 Å². The highest BCUT2D eigenvalue weighted by Gasteiger charge is 2.33. The molecule has 7 heteroatoms. The summed E-state index contributed by atoms with van der Waals surface area (Å²) >= 11 is 1.56. The van der Waals surface area contributed by atoms with Crippen LogP contribution < -0.4 is 10.6 Å². The van der Waals surface area contributed by atoms with Crippen LogP contribution in [-0.4, -0.2) is 40.8 Å². The van der Waals surface area contributed by atoms with E-state index in [1.807, 2.05) is 35.2 Å². The third-order valence-corrected chi connectivity index (χ3v) is 7.36. The Balaban J connectivity index is 1.37. The lowest BCUT2D eigenvalue weighted by Gasteiger charge is -2.20. The molecule has 2 N–H and O–H groups in total. The fourth-order valence-electron chi connectivity index (χ4n) is 4.54. The van der Waals surface area contributed by atoms with E-state index < -0.39 is 0 Å². The fourth-order valence-corrected chi connectivity index (χ4v) is 5.82. The van der Waals surface area contributed by atoms with Gasteiger partial charge in [-0.1, -0.05) is 18.2 Å². The Labute approximate surface area is 191 Å². The lowest BCUT2D eigenvalue weighted by Crippen LogP contribution is -2.32. The standard InChI is InChI=1S/C25H26N4O2S/c30-23(17-7-6-13-26-15-17)28-24-22(20-10-4-5-11-21(20)32-24)25(31)29-14-12-19(16-29)27-18-8-2-1-3-9-18/h1-3,6-9,13,15,19,27H,4-5,10-12,14,16H2,(H,28,30). The molecule has 1 saturated heterocycles. The van der Waals surface area contributed by atoms with Crippen LogP contribution in [0.3, 0.4) is 0 Å². The van der Waals surface area contributed by atoms with Crippen molar-refractivity contribution in [1.29, 1.82) is 0 Å². The Bertz CT molecular complexity index is 1110. The molecular formula is C25H26N4O2S. The summed E-state index contributed by atoms with van der Waals surface area (Å²) in [6.07, 6.45) is 8.18. The highest BCUT2D eigenvalue weighted by Crippen LogP contribution is 2.39. The first-order chi connectivity index (χ1) is 15.7. The molecule has 1 aliphatic heterocycles. The van der Waals surface area contributed by atoms with E-state index in [9.17, 15) is 9.59 Å². The van der Waals surface area contributed by atoms with Crippen LogP contribution in [0, 0.1) is 0 Å². The number of pyridine rings is 1. The number of aryl methyl sites for hydroxylation is 1. The van der Waals surface area contributed by atoms with Crippen molar-refractivity contribution >= 4 is 33.8 Å². The molecule has 1 unspecified atom stereocenters. The first-order valence-corrected chi connectivity index (χ1v) is 12.0. The zero-order chi connectivity index (χ0) is 21.9. The third kappa shape index (κ3) is 4.25. The van der Waals surface area contributed by atoms with Crippen molar-refractivity contribution in [2.24, 2.45) is 0 Å². The average molecular weight is 447 g/mol. The van der Waals surface area contributed by atoms with Gasteiger partial charge in [0.05, 0.1) is 11.1 Å². The van der Waals surface area contributed by atoms with Crippen molar-refractivity contribution < 1.29 is 9.59 Å². The first-order valence-electron chi connectivity index (χ1n) is 11.2. The van der Waals surface area contributed by atoms with Gasteiger partial charge in [-0.2, -0.15) is 0 Å². The van der Waals surface area contributed by atoms with Gasteiger partial charge in [0.2, 0.25) is 0 Å². The molecule has 1 fully saturated rings. The summed E-state index contributed by atoms with van der Waals surface area (Å²) in [7, 11) is 0. The maximum Gasteiger partial charge on any atom is 0.257 e. The molecule has 0 saturated carbocycles. The molecule has 3 aromatic rings. The molecule has 2 amide bonds. The quantitative estimate of drug-likeness (QED) is 0.601. The molecule has 6 nitrogen and oxygen atoms in total. The Morgan fingerprint density at radius 2 is 1.91 bits per heavy atom. The van der Waals surface area contributed by atoms with Crippen LogP contribution in [0.5, 0.6) is 0 Å². The van der Waals surface area contributed by atoms with Crippen LogP contribution in [0.2, 0.25) is 0 Å². The van der Waals surface area contributed by atoms with E-state index in [2.05, 4.69) is 15.6 Å². The molecule has 3 heterocycles. The van der Waals surface area contributed by atoms with Crippen LogP contribution in [0.4, 0.5) is 10.7 Å². The number of nitrogens with one attached hydrogen (secondary N) is 2. The highest BCUT2D eigenvalue weighted by atomic mass is 32.1. The number of amides is 2. The summed E-state index contributed by atoms with van der Waals surface area (Å²) < 4.78 is 0. The summed E-state index contributed by atoms with van der Waals surface area (Å²) in [4.78, 5) is 33.7. The number of carbonyl (C=O) groups excluding carboxylic acids is 2. The van der Waals surface area contributed by atoms with Gasteiger partial charge in [-0.05, 0) is 61.9 Å². The van der Waals surface area contributed by atoms with Gasteiger partial charge in [0.1, 0.15) is 5.00 Å². The lowest BCUT2D eigenvalue weighted by molar-refractivity contribution is 0.0792.